The van der Waals surface area contributed by atoms with E-state index in [-0.39, 0.29) is 21.7 Å². The summed E-state index contributed by atoms with van der Waals surface area (Å²) in [6.07, 6.45) is 1.34. The van der Waals surface area contributed by atoms with Gasteiger partial charge in [-0.25, -0.2) is 13.4 Å². The van der Waals surface area contributed by atoms with Gasteiger partial charge < -0.3 is 10.5 Å². The zero-order chi connectivity index (χ0) is 14.8. The zero-order valence-electron chi connectivity index (χ0n) is 10.4. The molecule has 0 atom stereocenters. The van der Waals surface area contributed by atoms with Crippen LogP contribution in [-0.2, 0) is 10.0 Å². The number of halogens is 1. The molecule has 2 aromatic rings. The van der Waals surface area contributed by atoms with Crippen LogP contribution < -0.4 is 15.2 Å². The lowest BCUT2D eigenvalue weighted by molar-refractivity contribution is 0.415. The Kier molecular flexibility index (Phi) is 3.96. The SMILES string of the molecule is COc1cc(S(=O)(=O)Nc2ccnc(Cl)n2)ccc1N. The lowest BCUT2D eigenvalue weighted by atomic mass is 10.3. The first kappa shape index (κ1) is 14.4. The topological polar surface area (TPSA) is 107 Å². The molecule has 106 valence electrons. The Labute approximate surface area is 120 Å². The van der Waals surface area contributed by atoms with Crippen LogP contribution in [0.15, 0.2) is 35.4 Å². The summed E-state index contributed by atoms with van der Waals surface area (Å²) in [5, 5.41) is -0.0555. The Morgan fingerprint density at radius 1 is 1.35 bits per heavy atom. The molecule has 3 N–H and O–H groups in total. The van der Waals surface area contributed by atoms with Gasteiger partial charge in [0.15, 0.2) is 0 Å². The first-order valence-corrected chi connectivity index (χ1v) is 7.23. The molecule has 1 aromatic heterocycles. The first-order chi connectivity index (χ1) is 9.42. The molecule has 1 aromatic carbocycles. The summed E-state index contributed by atoms with van der Waals surface area (Å²) in [6, 6.07) is 5.52. The van der Waals surface area contributed by atoms with Gasteiger partial charge in [0.2, 0.25) is 5.28 Å². The predicted molar refractivity (Wildman–Crippen MR) is 75.3 cm³/mol. The van der Waals surface area contributed by atoms with E-state index in [0.717, 1.165) is 0 Å². The highest BCUT2D eigenvalue weighted by Gasteiger charge is 2.17. The molecule has 2 rings (SSSR count). The van der Waals surface area contributed by atoms with Gasteiger partial charge in [0.1, 0.15) is 11.6 Å². The molecule has 0 spiro atoms. The number of benzene rings is 1. The molecule has 0 radical (unpaired) electrons. The summed E-state index contributed by atoms with van der Waals surface area (Å²) in [6.45, 7) is 0. The second kappa shape index (κ2) is 5.51. The molecular formula is C11H11ClN4O3S. The van der Waals surface area contributed by atoms with Gasteiger partial charge in [-0.15, -0.1) is 0 Å². The maximum atomic E-state index is 12.2. The molecule has 20 heavy (non-hydrogen) atoms. The Balaban J connectivity index is 2.35. The molecule has 9 heteroatoms. The summed E-state index contributed by atoms with van der Waals surface area (Å²) in [7, 11) is -2.41. The van der Waals surface area contributed by atoms with Crippen LogP contribution in [0.1, 0.15) is 0 Å². The van der Waals surface area contributed by atoms with Crippen LogP contribution in [0, 0.1) is 0 Å². The fraction of sp³-hybridized carbons (Fsp3) is 0.0909. The number of methoxy groups -OCH3 is 1. The fourth-order valence-electron chi connectivity index (χ4n) is 1.45. The van der Waals surface area contributed by atoms with Crippen LogP contribution >= 0.6 is 11.6 Å². The van der Waals surface area contributed by atoms with E-state index in [9.17, 15) is 8.42 Å². The monoisotopic (exact) mass is 314 g/mol. The van der Waals surface area contributed by atoms with Gasteiger partial charge in [-0.1, -0.05) is 0 Å². The first-order valence-electron chi connectivity index (χ1n) is 5.37. The molecule has 0 bridgehead atoms. The summed E-state index contributed by atoms with van der Waals surface area (Å²) in [5.74, 6) is 0.342. The predicted octanol–water partition coefficient (Wildman–Crippen LogP) is 1.52. The van der Waals surface area contributed by atoms with Crippen molar-refractivity contribution in [2.24, 2.45) is 0 Å². The second-order valence-electron chi connectivity index (χ2n) is 3.72. The van der Waals surface area contributed by atoms with Gasteiger partial charge >= 0.3 is 0 Å². The van der Waals surface area contributed by atoms with E-state index in [1.807, 2.05) is 0 Å². The Bertz CT molecular complexity index is 736. The van der Waals surface area contributed by atoms with E-state index in [4.69, 9.17) is 22.1 Å². The van der Waals surface area contributed by atoms with Gasteiger partial charge in [0, 0.05) is 12.3 Å². The van der Waals surface area contributed by atoms with E-state index < -0.39 is 10.0 Å². The number of ether oxygens (including phenoxy) is 1. The number of nitrogen functional groups attached to an aromatic ring is 1. The molecule has 0 fully saturated rings. The quantitative estimate of drug-likeness (QED) is 0.654. The van der Waals surface area contributed by atoms with E-state index >= 15 is 0 Å². The number of rotatable bonds is 4. The maximum absolute atomic E-state index is 12.2. The minimum absolute atomic E-state index is 0.00159. The van der Waals surface area contributed by atoms with Crippen LogP contribution in [0.5, 0.6) is 5.75 Å². The number of nitrogens with one attached hydrogen (secondary N) is 1. The average Bonchev–Trinajstić information content (AvgIpc) is 2.38. The van der Waals surface area contributed by atoms with Crippen LogP contribution in [0.25, 0.3) is 0 Å². The third-order valence-corrected chi connectivity index (χ3v) is 3.91. The summed E-state index contributed by atoms with van der Waals surface area (Å²) in [4.78, 5) is 7.42. The number of nitrogens with two attached hydrogens (primary N) is 1. The number of hydrogen-bond donors (Lipinski definition) is 2. The zero-order valence-corrected chi connectivity index (χ0v) is 11.9. The van der Waals surface area contributed by atoms with E-state index in [1.165, 1.54) is 37.6 Å². The van der Waals surface area contributed by atoms with Gasteiger partial charge in [-0.05, 0) is 29.8 Å². The van der Waals surface area contributed by atoms with Gasteiger partial charge in [-0.2, -0.15) is 4.98 Å². The molecule has 0 aliphatic rings. The van der Waals surface area contributed by atoms with Crippen LogP contribution in [0.3, 0.4) is 0 Å². The molecule has 0 amide bonds. The molecule has 0 saturated heterocycles. The van der Waals surface area contributed by atoms with Crippen molar-refractivity contribution in [3.63, 3.8) is 0 Å². The molecule has 1 heterocycles. The lowest BCUT2D eigenvalue weighted by Gasteiger charge is -2.10. The Morgan fingerprint density at radius 3 is 2.75 bits per heavy atom. The Hall–Kier alpha value is -2.06. The van der Waals surface area contributed by atoms with Gasteiger partial charge in [-0.3, -0.25) is 4.72 Å². The molecule has 0 saturated carbocycles. The van der Waals surface area contributed by atoms with Crippen LogP contribution in [0.4, 0.5) is 11.5 Å². The highest BCUT2D eigenvalue weighted by atomic mass is 35.5. The number of sulfonamides is 1. The van der Waals surface area contributed by atoms with Crippen molar-refractivity contribution in [1.82, 2.24) is 9.97 Å². The van der Waals surface area contributed by atoms with Crippen molar-refractivity contribution in [3.05, 3.63) is 35.7 Å². The average molecular weight is 315 g/mol. The molecule has 7 nitrogen and oxygen atoms in total. The molecule has 0 unspecified atom stereocenters. The highest BCUT2D eigenvalue weighted by Crippen LogP contribution is 2.25. The van der Waals surface area contributed by atoms with Crippen molar-refractivity contribution in [2.75, 3.05) is 17.6 Å². The van der Waals surface area contributed by atoms with Crippen molar-refractivity contribution in [2.45, 2.75) is 4.90 Å². The third-order valence-electron chi connectivity index (χ3n) is 2.38. The smallest absolute Gasteiger partial charge is 0.263 e. The number of hydrogen-bond acceptors (Lipinski definition) is 6. The molecular weight excluding hydrogens is 304 g/mol. The van der Waals surface area contributed by atoms with Crippen molar-refractivity contribution < 1.29 is 13.2 Å². The maximum Gasteiger partial charge on any atom is 0.263 e. The Morgan fingerprint density at radius 2 is 2.10 bits per heavy atom. The minimum atomic E-state index is -3.81. The van der Waals surface area contributed by atoms with E-state index in [1.54, 1.807) is 0 Å². The highest BCUT2D eigenvalue weighted by molar-refractivity contribution is 7.92. The summed E-state index contributed by atoms with van der Waals surface area (Å²) < 4.78 is 31.6. The number of anilines is 2. The molecule has 0 aliphatic carbocycles. The van der Waals surface area contributed by atoms with Gasteiger partial charge in [0.05, 0.1) is 17.7 Å². The van der Waals surface area contributed by atoms with Crippen molar-refractivity contribution >= 4 is 33.1 Å². The minimum Gasteiger partial charge on any atom is -0.495 e. The van der Waals surface area contributed by atoms with Crippen LogP contribution in [0.2, 0.25) is 5.28 Å². The summed E-state index contributed by atoms with van der Waals surface area (Å²) >= 11 is 5.59. The normalized spacial score (nSPS) is 11.1. The fourth-order valence-corrected chi connectivity index (χ4v) is 2.61. The van der Waals surface area contributed by atoms with Gasteiger partial charge in [0.25, 0.3) is 10.0 Å². The number of aromatic nitrogens is 2. The summed E-state index contributed by atoms with van der Waals surface area (Å²) in [5.41, 5.74) is 5.98. The third kappa shape index (κ3) is 3.09. The standard InChI is InChI=1S/C11H11ClN4O3S/c1-19-9-6-7(2-3-8(9)13)20(17,18)16-10-4-5-14-11(12)15-10/h2-6H,13H2,1H3,(H,14,15,16). The van der Waals surface area contributed by atoms with E-state index in [2.05, 4.69) is 14.7 Å². The van der Waals surface area contributed by atoms with Crippen molar-refractivity contribution in [3.8, 4) is 5.75 Å². The molecule has 0 aliphatic heterocycles. The van der Waals surface area contributed by atoms with Crippen LogP contribution in [-0.4, -0.2) is 25.5 Å². The second-order valence-corrected chi connectivity index (χ2v) is 5.74. The van der Waals surface area contributed by atoms with Crippen molar-refractivity contribution in [1.29, 1.82) is 0 Å². The number of nitrogens with zero attached hydrogens (tertiary/aromatic N) is 2. The van der Waals surface area contributed by atoms with E-state index in [0.29, 0.717) is 5.69 Å². The lowest BCUT2D eigenvalue weighted by Crippen LogP contribution is -2.14. The largest absolute Gasteiger partial charge is 0.495 e.